The van der Waals surface area contributed by atoms with Gasteiger partial charge in [-0.1, -0.05) is 52.3 Å². The molecule has 0 N–H and O–H groups in total. The summed E-state index contributed by atoms with van der Waals surface area (Å²) in [5, 5.41) is -0.00625. The van der Waals surface area contributed by atoms with Crippen molar-refractivity contribution in [2.24, 2.45) is 0 Å². The molecule has 1 atom stereocenters. The quantitative estimate of drug-likeness (QED) is 0.607. The maximum Gasteiger partial charge on any atom is 0.203 e. The van der Waals surface area contributed by atoms with E-state index in [1.54, 1.807) is 6.07 Å². The van der Waals surface area contributed by atoms with Gasteiger partial charge >= 0.3 is 0 Å². The lowest BCUT2D eigenvalue weighted by Gasteiger charge is -2.12. The molecule has 0 radical (unpaired) electrons. The van der Waals surface area contributed by atoms with Crippen LogP contribution in [-0.2, 0) is 0 Å². The Kier molecular flexibility index (Phi) is 3.64. The lowest BCUT2D eigenvalue weighted by molar-refractivity contribution is 0.540. The third kappa shape index (κ3) is 2.40. The van der Waals surface area contributed by atoms with Crippen LogP contribution in [0.4, 0.5) is 4.39 Å². The Labute approximate surface area is 129 Å². The minimum absolute atomic E-state index is 0.00625. The van der Waals surface area contributed by atoms with Crippen LogP contribution in [0.1, 0.15) is 17.5 Å². The number of hydrogen-bond donors (Lipinski definition) is 0. The van der Waals surface area contributed by atoms with E-state index < -0.39 is 5.82 Å². The second kappa shape index (κ2) is 5.45. The lowest BCUT2D eigenvalue weighted by Crippen LogP contribution is -2.10. The number of fused-ring (bicyclic) bond motifs is 1. The third-order valence-electron chi connectivity index (χ3n) is 3.32. The van der Waals surface area contributed by atoms with E-state index in [1.165, 1.54) is 12.1 Å². The standard InChI is InChI=1S/C17H12BrFO2/c1-10(18)17-14(11-6-3-2-4-7-11)16(20)15-12(19)8-5-9-13(15)21-17/h2-10H,1H3. The van der Waals surface area contributed by atoms with Crippen molar-refractivity contribution in [1.29, 1.82) is 0 Å². The Hall–Kier alpha value is -1.94. The van der Waals surface area contributed by atoms with Crippen LogP contribution in [0, 0.1) is 5.82 Å². The predicted octanol–water partition coefficient (Wildman–Crippen LogP) is 5.06. The summed E-state index contributed by atoms with van der Waals surface area (Å²) in [6.45, 7) is 1.87. The van der Waals surface area contributed by atoms with Crippen LogP contribution in [0.25, 0.3) is 22.1 Å². The fourth-order valence-electron chi connectivity index (χ4n) is 2.37. The second-order valence-electron chi connectivity index (χ2n) is 4.77. The highest BCUT2D eigenvalue weighted by molar-refractivity contribution is 9.09. The molecule has 2 nitrogen and oxygen atoms in total. The van der Waals surface area contributed by atoms with Gasteiger partial charge in [-0.15, -0.1) is 0 Å². The van der Waals surface area contributed by atoms with Crippen molar-refractivity contribution in [3.8, 4) is 11.1 Å². The zero-order valence-corrected chi connectivity index (χ0v) is 12.9. The first-order chi connectivity index (χ1) is 10.1. The second-order valence-corrected chi connectivity index (χ2v) is 6.14. The zero-order chi connectivity index (χ0) is 15.0. The van der Waals surface area contributed by atoms with Crippen LogP contribution >= 0.6 is 15.9 Å². The average molecular weight is 347 g/mol. The summed E-state index contributed by atoms with van der Waals surface area (Å²) >= 11 is 3.44. The highest BCUT2D eigenvalue weighted by Crippen LogP contribution is 2.33. The molecule has 0 fully saturated rings. The topological polar surface area (TPSA) is 30.2 Å². The Morgan fingerprint density at radius 3 is 2.48 bits per heavy atom. The molecule has 0 aliphatic rings. The van der Waals surface area contributed by atoms with E-state index in [0.717, 1.165) is 5.56 Å². The molecule has 1 unspecified atom stereocenters. The van der Waals surface area contributed by atoms with Gasteiger partial charge in [0.05, 0.1) is 10.4 Å². The van der Waals surface area contributed by atoms with E-state index in [2.05, 4.69) is 15.9 Å². The van der Waals surface area contributed by atoms with Gasteiger partial charge in [-0.05, 0) is 24.6 Å². The van der Waals surface area contributed by atoms with Gasteiger partial charge in [-0.3, -0.25) is 4.79 Å². The Morgan fingerprint density at radius 2 is 1.81 bits per heavy atom. The zero-order valence-electron chi connectivity index (χ0n) is 11.3. The Balaban J connectivity index is 2.47. The van der Waals surface area contributed by atoms with Gasteiger partial charge in [0.25, 0.3) is 0 Å². The van der Waals surface area contributed by atoms with E-state index in [9.17, 15) is 9.18 Å². The molecule has 3 aromatic rings. The molecule has 0 spiro atoms. The van der Waals surface area contributed by atoms with Crippen molar-refractivity contribution >= 4 is 26.9 Å². The van der Waals surface area contributed by atoms with Gasteiger partial charge in [-0.2, -0.15) is 0 Å². The molecular formula is C17H12BrFO2. The van der Waals surface area contributed by atoms with E-state index in [-0.39, 0.29) is 21.2 Å². The normalized spacial score (nSPS) is 12.5. The van der Waals surface area contributed by atoms with Crippen LogP contribution < -0.4 is 5.43 Å². The van der Waals surface area contributed by atoms with E-state index in [1.807, 2.05) is 37.3 Å². The largest absolute Gasteiger partial charge is 0.459 e. The van der Waals surface area contributed by atoms with Crippen LogP contribution in [-0.4, -0.2) is 0 Å². The summed E-state index contributed by atoms with van der Waals surface area (Å²) in [6.07, 6.45) is 0. The molecule has 0 aliphatic heterocycles. The van der Waals surface area contributed by atoms with Crippen molar-refractivity contribution in [2.75, 3.05) is 0 Å². The monoisotopic (exact) mass is 346 g/mol. The molecule has 0 aliphatic carbocycles. The number of hydrogen-bond acceptors (Lipinski definition) is 2. The smallest absolute Gasteiger partial charge is 0.203 e. The van der Waals surface area contributed by atoms with Gasteiger partial charge in [-0.25, -0.2) is 4.39 Å². The average Bonchev–Trinajstić information content (AvgIpc) is 2.47. The Bertz CT molecular complexity index is 854. The summed E-state index contributed by atoms with van der Waals surface area (Å²) in [6, 6.07) is 13.6. The molecule has 21 heavy (non-hydrogen) atoms. The minimum Gasteiger partial charge on any atom is -0.459 e. The molecule has 0 amide bonds. The summed E-state index contributed by atoms with van der Waals surface area (Å²) in [5.41, 5.74) is 1.04. The maximum absolute atomic E-state index is 14.0. The molecular weight excluding hydrogens is 335 g/mol. The molecule has 0 bridgehead atoms. The van der Waals surface area contributed by atoms with Crippen molar-refractivity contribution in [1.82, 2.24) is 0 Å². The molecule has 1 aromatic heterocycles. The highest BCUT2D eigenvalue weighted by Gasteiger charge is 2.20. The van der Waals surface area contributed by atoms with Crippen LogP contribution in [0.15, 0.2) is 57.7 Å². The van der Waals surface area contributed by atoms with Crippen molar-refractivity contribution in [3.63, 3.8) is 0 Å². The summed E-state index contributed by atoms with van der Waals surface area (Å²) in [4.78, 5) is 12.6. The van der Waals surface area contributed by atoms with Gasteiger partial charge in [0.1, 0.15) is 22.5 Å². The van der Waals surface area contributed by atoms with Crippen LogP contribution in [0.3, 0.4) is 0 Å². The fraction of sp³-hybridized carbons (Fsp3) is 0.118. The van der Waals surface area contributed by atoms with Crippen molar-refractivity contribution in [2.45, 2.75) is 11.8 Å². The van der Waals surface area contributed by atoms with Crippen LogP contribution in [0.2, 0.25) is 0 Å². The predicted molar refractivity (Wildman–Crippen MR) is 85.2 cm³/mol. The van der Waals surface area contributed by atoms with E-state index in [4.69, 9.17) is 4.42 Å². The Morgan fingerprint density at radius 1 is 1.10 bits per heavy atom. The molecule has 0 saturated carbocycles. The molecule has 0 saturated heterocycles. The van der Waals surface area contributed by atoms with Crippen molar-refractivity contribution < 1.29 is 8.81 Å². The first kappa shape index (κ1) is 14.0. The van der Waals surface area contributed by atoms with E-state index >= 15 is 0 Å². The highest BCUT2D eigenvalue weighted by atomic mass is 79.9. The van der Waals surface area contributed by atoms with Gasteiger partial charge in [0, 0.05) is 0 Å². The molecule has 4 heteroatoms. The summed E-state index contributed by atoms with van der Waals surface area (Å²) in [5.74, 6) is -0.0588. The van der Waals surface area contributed by atoms with Gasteiger partial charge < -0.3 is 4.42 Å². The van der Waals surface area contributed by atoms with E-state index in [0.29, 0.717) is 11.3 Å². The number of benzene rings is 2. The van der Waals surface area contributed by atoms with Gasteiger partial charge in [0.15, 0.2) is 0 Å². The van der Waals surface area contributed by atoms with Crippen molar-refractivity contribution in [3.05, 3.63) is 70.3 Å². The first-order valence-electron chi connectivity index (χ1n) is 6.54. The summed E-state index contributed by atoms with van der Waals surface area (Å²) < 4.78 is 19.8. The number of alkyl halides is 1. The summed E-state index contributed by atoms with van der Waals surface area (Å²) in [7, 11) is 0. The third-order valence-corrected chi connectivity index (χ3v) is 3.74. The fourth-order valence-corrected chi connectivity index (χ4v) is 2.70. The first-order valence-corrected chi connectivity index (χ1v) is 7.46. The SMILES string of the molecule is CC(Br)c1oc2cccc(F)c2c(=O)c1-c1ccccc1. The van der Waals surface area contributed by atoms with Crippen LogP contribution in [0.5, 0.6) is 0 Å². The molecule has 3 rings (SSSR count). The molecule has 106 valence electrons. The lowest BCUT2D eigenvalue weighted by atomic mass is 10.0. The minimum atomic E-state index is -0.563. The van der Waals surface area contributed by atoms with Gasteiger partial charge in [0.2, 0.25) is 5.43 Å². The maximum atomic E-state index is 14.0. The molecule has 2 aromatic carbocycles. The number of halogens is 2. The number of rotatable bonds is 2. The molecule has 1 heterocycles.